The van der Waals surface area contributed by atoms with E-state index in [1.165, 1.54) is 11.3 Å². The van der Waals surface area contributed by atoms with Gasteiger partial charge in [0.2, 0.25) is 0 Å². The standard InChI is InChI=1S/C23H24BrN3O4S/c1-25-23-19(21(28)26-10-11-31-17-8-6-16(24)7-9-17)13-20(32-23)22(29)27-14-15-4-3-5-18(12-15)30-2/h3-9,12-13,25H,10-11,14H2,1-2H3,(H,26,28)(H,27,29). The third kappa shape index (κ3) is 6.48. The van der Waals surface area contributed by atoms with Crippen molar-refractivity contribution in [2.45, 2.75) is 6.54 Å². The van der Waals surface area contributed by atoms with Crippen LogP contribution in [-0.2, 0) is 6.54 Å². The molecule has 3 rings (SSSR count). The molecule has 32 heavy (non-hydrogen) atoms. The van der Waals surface area contributed by atoms with E-state index in [1.807, 2.05) is 48.5 Å². The Balaban J connectivity index is 1.54. The van der Waals surface area contributed by atoms with Crippen LogP contribution in [0.3, 0.4) is 0 Å². The largest absolute Gasteiger partial charge is 0.497 e. The van der Waals surface area contributed by atoms with Gasteiger partial charge in [0.1, 0.15) is 23.1 Å². The van der Waals surface area contributed by atoms with E-state index in [-0.39, 0.29) is 11.8 Å². The summed E-state index contributed by atoms with van der Waals surface area (Å²) in [7, 11) is 3.32. The fourth-order valence-corrected chi connectivity index (χ4v) is 4.06. The molecular formula is C23H24BrN3O4S. The smallest absolute Gasteiger partial charge is 0.261 e. The van der Waals surface area contributed by atoms with Crippen molar-refractivity contribution in [3.63, 3.8) is 0 Å². The molecule has 7 nitrogen and oxygen atoms in total. The fraction of sp³-hybridized carbons (Fsp3) is 0.217. The number of ether oxygens (including phenoxy) is 2. The second kappa shape index (κ2) is 11.5. The third-order valence-corrected chi connectivity index (χ3v) is 6.16. The van der Waals surface area contributed by atoms with Gasteiger partial charge in [-0.2, -0.15) is 0 Å². The van der Waals surface area contributed by atoms with Crippen molar-refractivity contribution >= 4 is 44.1 Å². The Hall–Kier alpha value is -3.04. The molecule has 1 heterocycles. The first-order chi connectivity index (χ1) is 15.5. The Morgan fingerprint density at radius 1 is 1.00 bits per heavy atom. The highest BCUT2D eigenvalue weighted by molar-refractivity contribution is 9.10. The van der Waals surface area contributed by atoms with Gasteiger partial charge in [-0.05, 0) is 48.0 Å². The first-order valence-corrected chi connectivity index (χ1v) is 11.5. The highest BCUT2D eigenvalue weighted by Gasteiger charge is 2.19. The fourth-order valence-electron chi connectivity index (χ4n) is 2.87. The van der Waals surface area contributed by atoms with Gasteiger partial charge in [-0.25, -0.2) is 0 Å². The van der Waals surface area contributed by atoms with E-state index in [9.17, 15) is 9.59 Å². The van der Waals surface area contributed by atoms with Gasteiger partial charge in [0.05, 0.1) is 24.1 Å². The third-order valence-electron chi connectivity index (χ3n) is 4.48. The summed E-state index contributed by atoms with van der Waals surface area (Å²) in [6, 6.07) is 16.6. The lowest BCUT2D eigenvalue weighted by molar-refractivity contribution is 0.0947. The first kappa shape index (κ1) is 23.6. The van der Waals surface area contributed by atoms with Crippen LogP contribution < -0.4 is 25.4 Å². The normalized spacial score (nSPS) is 10.3. The molecule has 0 aliphatic carbocycles. The minimum atomic E-state index is -0.267. The lowest BCUT2D eigenvalue weighted by Crippen LogP contribution is -2.28. The van der Waals surface area contributed by atoms with E-state index < -0.39 is 0 Å². The summed E-state index contributed by atoms with van der Waals surface area (Å²) >= 11 is 4.61. The lowest BCUT2D eigenvalue weighted by Gasteiger charge is -2.08. The zero-order valence-corrected chi connectivity index (χ0v) is 20.1. The Kier molecular flexibility index (Phi) is 8.52. The zero-order chi connectivity index (χ0) is 22.9. The molecule has 9 heteroatoms. The molecule has 2 amide bonds. The minimum absolute atomic E-state index is 0.244. The van der Waals surface area contributed by atoms with Crippen molar-refractivity contribution in [1.82, 2.24) is 10.6 Å². The Morgan fingerprint density at radius 3 is 2.50 bits per heavy atom. The second-order valence-electron chi connectivity index (χ2n) is 6.70. The number of carbonyl (C=O) groups excluding carboxylic acids is 2. The second-order valence-corrected chi connectivity index (χ2v) is 8.66. The number of rotatable bonds is 10. The molecule has 2 aromatic carbocycles. The zero-order valence-electron chi connectivity index (χ0n) is 17.7. The molecule has 3 N–H and O–H groups in total. The van der Waals surface area contributed by atoms with Crippen molar-refractivity contribution in [2.75, 3.05) is 32.6 Å². The molecule has 0 aliphatic heterocycles. The molecule has 0 radical (unpaired) electrons. The van der Waals surface area contributed by atoms with Crippen LogP contribution >= 0.6 is 27.3 Å². The van der Waals surface area contributed by atoms with Crippen molar-refractivity contribution in [1.29, 1.82) is 0 Å². The monoisotopic (exact) mass is 517 g/mol. The SMILES string of the molecule is CNc1sc(C(=O)NCc2cccc(OC)c2)cc1C(=O)NCCOc1ccc(Br)cc1. The summed E-state index contributed by atoms with van der Waals surface area (Å²) in [6.07, 6.45) is 0. The number of thiophene rings is 1. The molecule has 1 aromatic heterocycles. The Morgan fingerprint density at radius 2 is 1.78 bits per heavy atom. The van der Waals surface area contributed by atoms with Crippen molar-refractivity contribution < 1.29 is 19.1 Å². The molecule has 0 saturated carbocycles. The molecule has 0 spiro atoms. The van der Waals surface area contributed by atoms with Crippen LogP contribution in [0.1, 0.15) is 25.6 Å². The number of hydrogen-bond acceptors (Lipinski definition) is 6. The number of methoxy groups -OCH3 is 1. The Bertz CT molecular complexity index is 1070. The van der Waals surface area contributed by atoms with Crippen molar-refractivity contribution in [3.8, 4) is 11.5 Å². The van der Waals surface area contributed by atoms with Gasteiger partial charge in [0, 0.05) is 18.1 Å². The van der Waals surface area contributed by atoms with E-state index in [4.69, 9.17) is 9.47 Å². The number of amides is 2. The van der Waals surface area contributed by atoms with E-state index in [2.05, 4.69) is 31.9 Å². The molecule has 0 saturated heterocycles. The Labute approximate surface area is 199 Å². The summed E-state index contributed by atoms with van der Waals surface area (Å²) in [5.41, 5.74) is 1.35. The molecule has 3 aromatic rings. The van der Waals surface area contributed by atoms with Gasteiger partial charge in [-0.15, -0.1) is 11.3 Å². The van der Waals surface area contributed by atoms with E-state index in [0.717, 1.165) is 21.5 Å². The van der Waals surface area contributed by atoms with Crippen LogP contribution in [0.2, 0.25) is 0 Å². The number of halogens is 1. The first-order valence-electron chi connectivity index (χ1n) is 9.89. The summed E-state index contributed by atoms with van der Waals surface area (Å²) in [4.78, 5) is 25.7. The topological polar surface area (TPSA) is 88.7 Å². The van der Waals surface area contributed by atoms with Gasteiger partial charge in [-0.3, -0.25) is 9.59 Å². The van der Waals surface area contributed by atoms with Crippen LogP contribution in [0.25, 0.3) is 0 Å². The highest BCUT2D eigenvalue weighted by atomic mass is 79.9. The minimum Gasteiger partial charge on any atom is -0.497 e. The van der Waals surface area contributed by atoms with Gasteiger partial charge in [0.15, 0.2) is 0 Å². The predicted molar refractivity (Wildman–Crippen MR) is 130 cm³/mol. The average Bonchev–Trinajstić information content (AvgIpc) is 3.26. The number of carbonyl (C=O) groups is 2. The van der Waals surface area contributed by atoms with Gasteiger partial charge in [0.25, 0.3) is 11.8 Å². The maximum absolute atomic E-state index is 12.6. The molecule has 0 atom stereocenters. The van der Waals surface area contributed by atoms with E-state index in [0.29, 0.717) is 35.1 Å². The summed E-state index contributed by atoms with van der Waals surface area (Å²) in [5, 5.41) is 9.32. The van der Waals surface area contributed by atoms with Crippen LogP contribution in [0.5, 0.6) is 11.5 Å². The number of nitrogens with one attached hydrogen (secondary N) is 3. The molecule has 0 fully saturated rings. The summed E-state index contributed by atoms with van der Waals surface area (Å²) in [5.74, 6) is 0.945. The van der Waals surface area contributed by atoms with Crippen molar-refractivity contribution in [3.05, 3.63) is 75.1 Å². The van der Waals surface area contributed by atoms with E-state index in [1.54, 1.807) is 20.2 Å². The number of anilines is 1. The van der Waals surface area contributed by atoms with Crippen LogP contribution in [0.4, 0.5) is 5.00 Å². The molecule has 0 aliphatic rings. The predicted octanol–water partition coefficient (Wildman–Crippen LogP) is 4.30. The molecule has 0 bridgehead atoms. The van der Waals surface area contributed by atoms with Gasteiger partial charge >= 0.3 is 0 Å². The number of hydrogen-bond donors (Lipinski definition) is 3. The summed E-state index contributed by atoms with van der Waals surface area (Å²) in [6.45, 7) is 1.03. The van der Waals surface area contributed by atoms with Gasteiger partial charge in [-0.1, -0.05) is 28.1 Å². The maximum atomic E-state index is 12.6. The quantitative estimate of drug-likeness (QED) is 0.349. The molecular weight excluding hydrogens is 494 g/mol. The number of benzene rings is 2. The highest BCUT2D eigenvalue weighted by Crippen LogP contribution is 2.28. The molecule has 168 valence electrons. The van der Waals surface area contributed by atoms with Gasteiger partial charge < -0.3 is 25.4 Å². The maximum Gasteiger partial charge on any atom is 0.261 e. The molecule has 0 unspecified atom stereocenters. The average molecular weight is 518 g/mol. The van der Waals surface area contributed by atoms with Crippen molar-refractivity contribution in [2.24, 2.45) is 0 Å². The van der Waals surface area contributed by atoms with Crippen LogP contribution in [-0.4, -0.2) is 39.1 Å². The summed E-state index contributed by atoms with van der Waals surface area (Å²) < 4.78 is 11.8. The van der Waals surface area contributed by atoms with E-state index >= 15 is 0 Å². The van der Waals surface area contributed by atoms with Crippen LogP contribution in [0, 0.1) is 0 Å². The van der Waals surface area contributed by atoms with Crippen LogP contribution in [0.15, 0.2) is 59.1 Å². The lowest BCUT2D eigenvalue weighted by atomic mass is 10.2.